The Morgan fingerprint density at radius 3 is 2.95 bits per heavy atom. The summed E-state index contributed by atoms with van der Waals surface area (Å²) < 4.78 is 5.55. The van der Waals surface area contributed by atoms with Gasteiger partial charge in [-0.15, -0.1) is 0 Å². The topological polar surface area (TPSA) is 61.8 Å². The fourth-order valence-electron chi connectivity index (χ4n) is 2.12. The highest BCUT2D eigenvalue weighted by molar-refractivity contribution is 5.78. The van der Waals surface area contributed by atoms with Gasteiger partial charge in [0.25, 0.3) is 0 Å². The Bertz CT molecular complexity index is 474. The Morgan fingerprint density at radius 2 is 2.29 bits per heavy atom. The number of rotatable bonds is 8. The highest BCUT2D eigenvalue weighted by Crippen LogP contribution is 2.18. The van der Waals surface area contributed by atoms with Crippen molar-refractivity contribution in [1.29, 1.82) is 0 Å². The summed E-state index contributed by atoms with van der Waals surface area (Å²) in [5.41, 5.74) is 1.12. The molecule has 0 aliphatic heterocycles. The van der Waals surface area contributed by atoms with E-state index in [2.05, 4.69) is 5.32 Å². The van der Waals surface area contributed by atoms with Crippen molar-refractivity contribution in [2.24, 2.45) is 0 Å². The van der Waals surface area contributed by atoms with Crippen LogP contribution in [0, 0.1) is 6.92 Å². The maximum Gasteiger partial charge on any atom is 0.234 e. The van der Waals surface area contributed by atoms with Crippen LogP contribution in [-0.4, -0.2) is 54.8 Å². The molecule has 21 heavy (non-hydrogen) atoms. The van der Waals surface area contributed by atoms with Crippen LogP contribution in [0.4, 0.5) is 0 Å². The molecule has 1 saturated carbocycles. The second-order valence-corrected chi connectivity index (χ2v) is 5.82. The summed E-state index contributed by atoms with van der Waals surface area (Å²) in [6.45, 7) is 2.93. The van der Waals surface area contributed by atoms with E-state index in [4.69, 9.17) is 4.74 Å². The molecule has 2 rings (SSSR count). The van der Waals surface area contributed by atoms with Crippen LogP contribution in [0.5, 0.6) is 5.75 Å². The van der Waals surface area contributed by atoms with Gasteiger partial charge >= 0.3 is 0 Å². The zero-order valence-electron chi connectivity index (χ0n) is 12.7. The number of aryl methyl sites for hydroxylation is 1. The van der Waals surface area contributed by atoms with Gasteiger partial charge in [0.1, 0.15) is 18.5 Å². The van der Waals surface area contributed by atoms with Gasteiger partial charge in [-0.25, -0.2) is 0 Å². The summed E-state index contributed by atoms with van der Waals surface area (Å²) in [7, 11) is 1.82. The molecule has 0 radical (unpaired) electrons. The predicted octanol–water partition coefficient (Wildman–Crippen LogP) is 0.945. The second-order valence-electron chi connectivity index (χ2n) is 5.82. The molecule has 0 bridgehead atoms. The van der Waals surface area contributed by atoms with Gasteiger partial charge in [-0.2, -0.15) is 0 Å². The maximum absolute atomic E-state index is 11.6. The Labute approximate surface area is 125 Å². The van der Waals surface area contributed by atoms with Crippen molar-refractivity contribution in [3.63, 3.8) is 0 Å². The first-order valence-electron chi connectivity index (χ1n) is 7.38. The monoisotopic (exact) mass is 292 g/mol. The number of hydrogen-bond acceptors (Lipinski definition) is 4. The first-order valence-corrected chi connectivity index (χ1v) is 7.38. The van der Waals surface area contributed by atoms with Gasteiger partial charge in [0, 0.05) is 12.6 Å². The van der Waals surface area contributed by atoms with Gasteiger partial charge < -0.3 is 15.2 Å². The summed E-state index contributed by atoms with van der Waals surface area (Å²) in [5.74, 6) is 0.773. The number of ether oxygens (including phenoxy) is 1. The van der Waals surface area contributed by atoms with Crippen molar-refractivity contribution in [1.82, 2.24) is 10.2 Å². The highest BCUT2D eigenvalue weighted by Gasteiger charge is 2.23. The SMILES string of the molecule is Cc1cccc(OCC(O)CN(C)CC(=O)NC2CC2)c1. The lowest BCUT2D eigenvalue weighted by Gasteiger charge is -2.20. The van der Waals surface area contributed by atoms with Gasteiger partial charge in [-0.05, 0) is 44.5 Å². The van der Waals surface area contributed by atoms with Crippen molar-refractivity contribution in [2.45, 2.75) is 31.9 Å². The van der Waals surface area contributed by atoms with Crippen LogP contribution >= 0.6 is 0 Å². The molecule has 1 aliphatic rings. The van der Waals surface area contributed by atoms with Crippen LogP contribution in [0.15, 0.2) is 24.3 Å². The minimum atomic E-state index is -0.621. The maximum atomic E-state index is 11.6. The summed E-state index contributed by atoms with van der Waals surface area (Å²) in [5, 5.41) is 12.9. The molecule has 2 N–H and O–H groups in total. The van der Waals surface area contributed by atoms with Crippen molar-refractivity contribution in [3.05, 3.63) is 29.8 Å². The number of amides is 1. The third kappa shape index (κ3) is 6.14. The van der Waals surface area contributed by atoms with Gasteiger partial charge in [0.2, 0.25) is 5.91 Å². The number of likely N-dealkylation sites (N-methyl/N-ethyl adjacent to an activating group) is 1. The van der Waals surface area contributed by atoms with Crippen LogP contribution in [0.3, 0.4) is 0 Å². The quantitative estimate of drug-likeness (QED) is 0.749. The number of benzene rings is 1. The molecule has 5 heteroatoms. The Balaban J connectivity index is 1.65. The standard InChI is InChI=1S/C16H24N2O3/c1-12-4-3-5-15(8-12)21-11-14(19)9-18(2)10-16(20)17-13-6-7-13/h3-5,8,13-14,19H,6-7,9-11H2,1-2H3,(H,17,20). The lowest BCUT2D eigenvalue weighted by atomic mass is 10.2. The summed E-state index contributed by atoms with van der Waals surface area (Å²) >= 11 is 0. The number of hydrogen-bond donors (Lipinski definition) is 2. The summed E-state index contributed by atoms with van der Waals surface area (Å²) in [6, 6.07) is 8.09. The lowest BCUT2D eigenvalue weighted by Crippen LogP contribution is -2.40. The average Bonchev–Trinajstić information content (AvgIpc) is 3.20. The Hall–Kier alpha value is -1.59. The van der Waals surface area contributed by atoms with Crippen LogP contribution in [-0.2, 0) is 4.79 Å². The largest absolute Gasteiger partial charge is 0.491 e. The Morgan fingerprint density at radius 1 is 1.52 bits per heavy atom. The van der Waals surface area contributed by atoms with Crippen LogP contribution in [0.1, 0.15) is 18.4 Å². The molecule has 5 nitrogen and oxygen atoms in total. The fourth-order valence-corrected chi connectivity index (χ4v) is 2.12. The van der Waals surface area contributed by atoms with Gasteiger partial charge in [0.15, 0.2) is 0 Å². The van der Waals surface area contributed by atoms with Crippen molar-refractivity contribution < 1.29 is 14.6 Å². The molecule has 0 spiro atoms. The van der Waals surface area contributed by atoms with Gasteiger partial charge in [-0.1, -0.05) is 12.1 Å². The first kappa shape index (κ1) is 15.8. The molecule has 1 aliphatic carbocycles. The molecule has 1 aromatic rings. The molecule has 1 aromatic carbocycles. The smallest absolute Gasteiger partial charge is 0.234 e. The second kappa shape index (κ2) is 7.43. The van der Waals surface area contributed by atoms with E-state index in [1.54, 1.807) is 0 Å². The van der Waals surface area contributed by atoms with Crippen molar-refractivity contribution in [3.8, 4) is 5.75 Å². The van der Waals surface area contributed by atoms with Crippen LogP contribution in [0.2, 0.25) is 0 Å². The predicted molar refractivity (Wildman–Crippen MR) is 81.3 cm³/mol. The Kier molecular flexibility index (Phi) is 5.59. The third-order valence-corrected chi connectivity index (χ3v) is 3.31. The van der Waals surface area contributed by atoms with E-state index in [9.17, 15) is 9.90 Å². The minimum Gasteiger partial charge on any atom is -0.491 e. The molecule has 1 atom stereocenters. The van der Waals surface area contributed by atoms with Crippen molar-refractivity contribution in [2.75, 3.05) is 26.7 Å². The highest BCUT2D eigenvalue weighted by atomic mass is 16.5. The van der Waals surface area contributed by atoms with Gasteiger partial charge in [0.05, 0.1) is 6.54 Å². The molecule has 0 heterocycles. The summed E-state index contributed by atoms with van der Waals surface area (Å²) in [4.78, 5) is 13.4. The third-order valence-electron chi connectivity index (χ3n) is 3.31. The van der Waals surface area contributed by atoms with E-state index < -0.39 is 6.10 Å². The number of carbonyl (C=O) groups excluding carboxylic acids is 1. The van der Waals surface area contributed by atoms with E-state index in [0.717, 1.165) is 24.2 Å². The normalized spacial score (nSPS) is 15.8. The van der Waals surface area contributed by atoms with Gasteiger partial charge in [-0.3, -0.25) is 9.69 Å². The fraction of sp³-hybridized carbons (Fsp3) is 0.562. The number of aliphatic hydroxyl groups excluding tert-OH is 1. The van der Waals surface area contributed by atoms with E-state index in [1.807, 2.05) is 43.1 Å². The van der Waals surface area contributed by atoms with E-state index in [-0.39, 0.29) is 12.5 Å². The first-order chi connectivity index (χ1) is 10.0. The number of carbonyl (C=O) groups is 1. The molecule has 0 saturated heterocycles. The zero-order chi connectivity index (χ0) is 15.2. The van der Waals surface area contributed by atoms with Crippen molar-refractivity contribution >= 4 is 5.91 Å². The molecule has 116 valence electrons. The average molecular weight is 292 g/mol. The van der Waals surface area contributed by atoms with E-state index >= 15 is 0 Å². The number of nitrogens with one attached hydrogen (secondary N) is 1. The molecule has 0 aromatic heterocycles. The summed E-state index contributed by atoms with van der Waals surface area (Å²) in [6.07, 6.45) is 1.55. The zero-order valence-corrected chi connectivity index (χ0v) is 12.7. The molecule has 1 amide bonds. The van der Waals surface area contributed by atoms with Crippen LogP contribution in [0.25, 0.3) is 0 Å². The number of nitrogens with zero attached hydrogens (tertiary/aromatic N) is 1. The van der Waals surface area contributed by atoms with E-state index in [0.29, 0.717) is 19.1 Å². The van der Waals surface area contributed by atoms with Crippen LogP contribution < -0.4 is 10.1 Å². The molecule has 1 fully saturated rings. The molecular formula is C16H24N2O3. The molecular weight excluding hydrogens is 268 g/mol. The number of aliphatic hydroxyl groups is 1. The minimum absolute atomic E-state index is 0.0202. The lowest BCUT2D eigenvalue weighted by molar-refractivity contribution is -0.122. The molecule has 1 unspecified atom stereocenters. The van der Waals surface area contributed by atoms with E-state index in [1.165, 1.54) is 0 Å².